The lowest BCUT2D eigenvalue weighted by atomic mass is 10.1. The van der Waals surface area contributed by atoms with Crippen molar-refractivity contribution >= 4 is 17.7 Å². The van der Waals surface area contributed by atoms with Gasteiger partial charge in [0.1, 0.15) is 11.6 Å². The number of aromatic nitrogens is 1. The van der Waals surface area contributed by atoms with Gasteiger partial charge in [-0.25, -0.2) is 15.6 Å². The van der Waals surface area contributed by atoms with Crippen LogP contribution in [0.5, 0.6) is 0 Å². The smallest absolute Gasteiger partial charge is 0.409 e. The molecule has 0 saturated carbocycles. The second kappa shape index (κ2) is 6.95. The number of amides is 1. The molecule has 110 valence electrons. The van der Waals surface area contributed by atoms with Crippen LogP contribution in [0.3, 0.4) is 0 Å². The molecular weight excluding hydrogens is 258 g/mol. The third kappa shape index (κ3) is 3.74. The molecular formula is C13H21N5O2. The molecule has 4 N–H and O–H groups in total. The van der Waals surface area contributed by atoms with E-state index in [4.69, 9.17) is 10.6 Å². The van der Waals surface area contributed by atoms with Gasteiger partial charge in [0.25, 0.3) is 0 Å². The normalized spacial score (nSPS) is 15.8. The number of piperidine rings is 1. The average Bonchev–Trinajstić information content (AvgIpc) is 2.48. The fraction of sp³-hybridized carbons (Fsp3) is 0.538. The molecule has 0 atom stereocenters. The van der Waals surface area contributed by atoms with Crippen LogP contribution in [0.1, 0.15) is 19.8 Å². The average molecular weight is 279 g/mol. The van der Waals surface area contributed by atoms with E-state index < -0.39 is 0 Å². The molecule has 0 spiro atoms. The number of nitrogens with two attached hydrogens (primary N) is 1. The second-order valence-electron chi connectivity index (χ2n) is 4.66. The first-order valence-electron chi connectivity index (χ1n) is 6.85. The molecule has 0 aromatic carbocycles. The lowest BCUT2D eigenvalue weighted by Crippen LogP contribution is -2.42. The van der Waals surface area contributed by atoms with Crippen molar-refractivity contribution in [1.29, 1.82) is 0 Å². The highest BCUT2D eigenvalue weighted by Gasteiger charge is 2.23. The zero-order chi connectivity index (χ0) is 14.4. The number of anilines is 2. The van der Waals surface area contributed by atoms with Gasteiger partial charge in [0.05, 0.1) is 6.61 Å². The minimum atomic E-state index is -0.224. The molecule has 0 aliphatic carbocycles. The number of ether oxygens (including phenoxy) is 1. The van der Waals surface area contributed by atoms with E-state index in [9.17, 15) is 4.79 Å². The summed E-state index contributed by atoms with van der Waals surface area (Å²) in [5, 5.41) is 3.36. The van der Waals surface area contributed by atoms with Gasteiger partial charge in [-0.1, -0.05) is 6.07 Å². The van der Waals surface area contributed by atoms with E-state index in [1.165, 1.54) is 0 Å². The van der Waals surface area contributed by atoms with E-state index in [1.807, 2.05) is 19.1 Å². The van der Waals surface area contributed by atoms with Crippen molar-refractivity contribution in [1.82, 2.24) is 9.88 Å². The van der Waals surface area contributed by atoms with E-state index in [-0.39, 0.29) is 6.09 Å². The minimum Gasteiger partial charge on any atom is -0.450 e. The number of nitrogen functional groups attached to an aromatic ring is 1. The van der Waals surface area contributed by atoms with E-state index in [1.54, 1.807) is 11.0 Å². The Morgan fingerprint density at radius 2 is 2.15 bits per heavy atom. The van der Waals surface area contributed by atoms with E-state index in [0.29, 0.717) is 31.6 Å². The molecule has 20 heavy (non-hydrogen) atoms. The van der Waals surface area contributed by atoms with Crippen LogP contribution in [-0.4, -0.2) is 41.7 Å². The van der Waals surface area contributed by atoms with Crippen molar-refractivity contribution in [3.8, 4) is 0 Å². The van der Waals surface area contributed by atoms with Crippen molar-refractivity contribution < 1.29 is 9.53 Å². The number of carbonyl (C=O) groups excluding carboxylic acids is 1. The van der Waals surface area contributed by atoms with Crippen molar-refractivity contribution in [2.45, 2.75) is 25.8 Å². The maximum absolute atomic E-state index is 11.6. The topological polar surface area (TPSA) is 92.5 Å². The Balaban J connectivity index is 1.83. The summed E-state index contributed by atoms with van der Waals surface area (Å²) in [7, 11) is 0. The molecule has 7 heteroatoms. The number of hydrogen-bond acceptors (Lipinski definition) is 6. The van der Waals surface area contributed by atoms with Crippen molar-refractivity contribution in [2.75, 3.05) is 30.4 Å². The van der Waals surface area contributed by atoms with Gasteiger partial charge in [0, 0.05) is 19.1 Å². The Bertz CT molecular complexity index is 446. The fourth-order valence-electron chi connectivity index (χ4n) is 2.23. The van der Waals surface area contributed by atoms with Crippen LogP contribution in [0.2, 0.25) is 0 Å². The Morgan fingerprint density at radius 1 is 1.45 bits per heavy atom. The number of hydrogen-bond donors (Lipinski definition) is 3. The van der Waals surface area contributed by atoms with E-state index in [2.05, 4.69) is 15.7 Å². The molecule has 1 aliphatic rings. The van der Waals surface area contributed by atoms with Crippen LogP contribution in [0.25, 0.3) is 0 Å². The monoisotopic (exact) mass is 279 g/mol. The molecule has 2 heterocycles. The predicted molar refractivity (Wildman–Crippen MR) is 77.3 cm³/mol. The van der Waals surface area contributed by atoms with Crippen LogP contribution < -0.4 is 16.6 Å². The van der Waals surface area contributed by atoms with Crippen LogP contribution in [0.4, 0.5) is 16.4 Å². The Hall–Kier alpha value is -2.02. The zero-order valence-corrected chi connectivity index (χ0v) is 11.6. The van der Waals surface area contributed by atoms with Gasteiger partial charge in [0.2, 0.25) is 0 Å². The predicted octanol–water partition coefficient (Wildman–Crippen LogP) is 1.40. The molecule has 0 bridgehead atoms. The molecule has 2 rings (SSSR count). The molecule has 1 aromatic rings. The summed E-state index contributed by atoms with van der Waals surface area (Å²) in [4.78, 5) is 17.7. The quantitative estimate of drug-likeness (QED) is 0.570. The summed E-state index contributed by atoms with van der Waals surface area (Å²) < 4.78 is 5.00. The van der Waals surface area contributed by atoms with Gasteiger partial charge >= 0.3 is 6.09 Å². The van der Waals surface area contributed by atoms with Crippen molar-refractivity contribution in [3.05, 3.63) is 18.2 Å². The van der Waals surface area contributed by atoms with Crippen LogP contribution in [0.15, 0.2) is 18.2 Å². The largest absolute Gasteiger partial charge is 0.450 e. The van der Waals surface area contributed by atoms with Gasteiger partial charge in [-0.2, -0.15) is 0 Å². The summed E-state index contributed by atoms with van der Waals surface area (Å²) in [6.07, 6.45) is 1.53. The van der Waals surface area contributed by atoms with Crippen LogP contribution in [0, 0.1) is 0 Å². The summed E-state index contributed by atoms with van der Waals surface area (Å²) in [6, 6.07) is 5.90. The number of nitrogens with one attached hydrogen (secondary N) is 2. The van der Waals surface area contributed by atoms with E-state index >= 15 is 0 Å². The fourth-order valence-corrected chi connectivity index (χ4v) is 2.23. The maximum atomic E-state index is 11.6. The third-order valence-corrected chi connectivity index (χ3v) is 3.27. The molecule has 1 aromatic heterocycles. The maximum Gasteiger partial charge on any atom is 0.409 e. The standard InChI is InChI=1S/C13H21N5O2/c1-2-20-13(19)18-8-6-10(7-9-18)15-11-4-3-5-12(16-11)17-14/h3-5,10H,2,6-9,14H2,1H3,(H2,15,16,17). The summed E-state index contributed by atoms with van der Waals surface area (Å²) in [6.45, 7) is 3.63. The van der Waals surface area contributed by atoms with Crippen molar-refractivity contribution in [2.24, 2.45) is 5.84 Å². The minimum absolute atomic E-state index is 0.224. The number of nitrogens with zero attached hydrogens (tertiary/aromatic N) is 2. The van der Waals surface area contributed by atoms with Gasteiger partial charge in [0.15, 0.2) is 0 Å². The van der Waals surface area contributed by atoms with Gasteiger partial charge in [-0.3, -0.25) is 0 Å². The van der Waals surface area contributed by atoms with E-state index in [0.717, 1.165) is 18.7 Å². The first-order valence-corrected chi connectivity index (χ1v) is 6.85. The molecule has 1 aliphatic heterocycles. The zero-order valence-electron chi connectivity index (χ0n) is 11.6. The van der Waals surface area contributed by atoms with Crippen LogP contribution in [-0.2, 0) is 4.74 Å². The lowest BCUT2D eigenvalue weighted by Gasteiger charge is -2.31. The van der Waals surface area contributed by atoms with Gasteiger partial charge < -0.3 is 20.4 Å². The molecule has 0 radical (unpaired) electrons. The number of carbonyl (C=O) groups is 1. The lowest BCUT2D eigenvalue weighted by molar-refractivity contribution is 0.0983. The van der Waals surface area contributed by atoms with Gasteiger partial charge in [-0.15, -0.1) is 0 Å². The summed E-state index contributed by atoms with van der Waals surface area (Å²) >= 11 is 0. The van der Waals surface area contributed by atoms with Crippen LogP contribution >= 0.6 is 0 Å². The highest BCUT2D eigenvalue weighted by molar-refractivity contribution is 5.67. The SMILES string of the molecule is CCOC(=O)N1CCC(Nc2cccc(NN)n2)CC1. The first kappa shape index (κ1) is 14.4. The van der Waals surface area contributed by atoms with Crippen molar-refractivity contribution in [3.63, 3.8) is 0 Å². The summed E-state index contributed by atoms with van der Waals surface area (Å²) in [5.74, 6) is 6.74. The Labute approximate surface area is 118 Å². The summed E-state index contributed by atoms with van der Waals surface area (Å²) in [5.41, 5.74) is 2.52. The number of likely N-dealkylation sites (tertiary alicyclic amines) is 1. The number of hydrazine groups is 1. The highest BCUT2D eigenvalue weighted by atomic mass is 16.6. The molecule has 1 saturated heterocycles. The number of rotatable bonds is 4. The first-order chi connectivity index (χ1) is 9.72. The molecule has 1 amide bonds. The molecule has 0 unspecified atom stereocenters. The Morgan fingerprint density at radius 3 is 2.80 bits per heavy atom. The molecule has 7 nitrogen and oxygen atoms in total. The highest BCUT2D eigenvalue weighted by Crippen LogP contribution is 2.17. The third-order valence-electron chi connectivity index (χ3n) is 3.27. The number of pyridine rings is 1. The van der Waals surface area contributed by atoms with Gasteiger partial charge in [-0.05, 0) is 31.9 Å². The second-order valence-corrected chi connectivity index (χ2v) is 4.66. The Kier molecular flexibility index (Phi) is 5.00. The molecule has 1 fully saturated rings.